The number of aldehydes is 1. The summed E-state index contributed by atoms with van der Waals surface area (Å²) in [4.78, 5) is 20.8. The smallest absolute Gasteiger partial charge is 0.307 e. The van der Waals surface area contributed by atoms with Crippen LogP contribution in [0.25, 0.3) is 0 Å². The molecule has 0 spiro atoms. The third-order valence-corrected chi connectivity index (χ3v) is 4.76. The van der Waals surface area contributed by atoms with Gasteiger partial charge < -0.3 is 16.2 Å². The summed E-state index contributed by atoms with van der Waals surface area (Å²) in [6.07, 6.45) is 25.3. The Kier molecular flexibility index (Phi) is 15.9. The number of carbonyl (C=O) groups is 2. The minimum atomic E-state index is -0.250. The minimum absolute atomic E-state index is 0.0950. The molecule has 34 heavy (non-hydrogen) atoms. The van der Waals surface area contributed by atoms with Crippen LogP contribution in [0.2, 0.25) is 0 Å². The molecule has 0 amide bonds. The van der Waals surface area contributed by atoms with Gasteiger partial charge in [0.15, 0.2) is 0 Å². The van der Waals surface area contributed by atoms with Crippen molar-refractivity contribution in [2.75, 3.05) is 7.11 Å². The van der Waals surface area contributed by atoms with E-state index in [9.17, 15) is 9.59 Å². The Labute approximate surface area is 204 Å². The Hall–Kier alpha value is -3.69. The molecule has 0 saturated heterocycles. The van der Waals surface area contributed by atoms with Crippen molar-refractivity contribution in [1.29, 1.82) is 5.41 Å². The van der Waals surface area contributed by atoms with Crippen LogP contribution < -0.4 is 11.5 Å². The average Bonchev–Trinajstić information content (AvgIpc) is 2.86. The molecule has 6 nitrogen and oxygen atoms in total. The van der Waals surface area contributed by atoms with Gasteiger partial charge in [-0.2, -0.15) is 0 Å². The van der Waals surface area contributed by atoms with Crippen LogP contribution in [0.15, 0.2) is 71.9 Å². The fraction of sp³-hybridized carbons (Fsp3) is 0.321. The molecule has 0 aromatic heterocycles. The van der Waals surface area contributed by atoms with Crippen LogP contribution in [-0.4, -0.2) is 31.2 Å². The second-order valence-corrected chi connectivity index (χ2v) is 7.75. The van der Waals surface area contributed by atoms with E-state index in [-0.39, 0.29) is 17.8 Å². The van der Waals surface area contributed by atoms with Gasteiger partial charge in [-0.25, -0.2) is 0 Å². The lowest BCUT2D eigenvalue weighted by molar-refractivity contribution is -0.140. The third-order valence-electron chi connectivity index (χ3n) is 4.76. The number of methoxy groups -OCH3 is 1. The van der Waals surface area contributed by atoms with Crippen molar-refractivity contribution in [2.45, 2.75) is 45.6 Å². The van der Waals surface area contributed by atoms with Gasteiger partial charge in [0.25, 0.3) is 0 Å². The van der Waals surface area contributed by atoms with E-state index in [1.165, 1.54) is 12.7 Å². The van der Waals surface area contributed by atoms with E-state index in [4.69, 9.17) is 16.9 Å². The van der Waals surface area contributed by atoms with Crippen LogP contribution in [-0.2, 0) is 14.3 Å². The van der Waals surface area contributed by atoms with Gasteiger partial charge in [-0.05, 0) is 44.7 Å². The molecule has 2 atom stereocenters. The number of benzene rings is 1. The van der Waals surface area contributed by atoms with Crippen molar-refractivity contribution in [1.82, 2.24) is 0 Å². The molecular weight excluding hydrogens is 426 g/mol. The zero-order valence-electron chi connectivity index (χ0n) is 20.4. The topological polar surface area (TPSA) is 119 Å². The number of nitrogens with one attached hydrogen (secondary N) is 1. The highest BCUT2D eigenvalue weighted by Gasteiger charge is 2.12. The Morgan fingerprint density at radius 2 is 1.97 bits per heavy atom. The van der Waals surface area contributed by atoms with Crippen molar-refractivity contribution in [3.05, 3.63) is 83.0 Å². The summed E-state index contributed by atoms with van der Waals surface area (Å²) >= 11 is 0. The third kappa shape index (κ3) is 13.0. The van der Waals surface area contributed by atoms with E-state index in [2.05, 4.69) is 41.9 Å². The largest absolute Gasteiger partial charge is 0.469 e. The Balaban J connectivity index is 0.000000484. The summed E-state index contributed by atoms with van der Waals surface area (Å²) in [6.45, 7) is 3.74. The highest BCUT2D eigenvalue weighted by Crippen LogP contribution is 2.26. The van der Waals surface area contributed by atoms with E-state index >= 15 is 0 Å². The lowest BCUT2D eigenvalue weighted by atomic mass is 9.87. The number of carbonyl (C=O) groups excluding carboxylic acids is 2. The number of amidine groups is 1. The van der Waals surface area contributed by atoms with E-state index in [1.54, 1.807) is 6.92 Å². The molecule has 1 aromatic rings. The summed E-state index contributed by atoms with van der Waals surface area (Å²) in [6, 6.07) is 7.50. The summed E-state index contributed by atoms with van der Waals surface area (Å²) in [5.41, 5.74) is 14.7. The number of hydrogen-bond donors (Lipinski definition) is 3. The molecule has 0 bridgehead atoms. The van der Waals surface area contributed by atoms with Crippen LogP contribution >= 0.6 is 0 Å². The number of hydrogen-bond acceptors (Lipinski definition) is 5. The van der Waals surface area contributed by atoms with Crippen LogP contribution in [0.1, 0.15) is 43.7 Å². The maximum atomic E-state index is 10.5. The van der Waals surface area contributed by atoms with Gasteiger partial charge in [-0.15, -0.1) is 12.8 Å². The number of aryl methyl sites for hydroxylation is 1. The van der Waals surface area contributed by atoms with Crippen molar-refractivity contribution >= 4 is 18.1 Å². The SMILES string of the molecule is C#C.COC(=O)C[C@@H](C)N.Cc1cccc(C(=N)N)c1.O=CC1=CCC(C2=CCCC=C2)C=C1. The number of allylic oxidation sites excluding steroid dienone is 8. The van der Waals surface area contributed by atoms with Crippen LogP contribution in [0.3, 0.4) is 0 Å². The monoisotopic (exact) mass is 463 g/mol. The number of nitrogens with two attached hydrogens (primary N) is 2. The van der Waals surface area contributed by atoms with Gasteiger partial charge in [-0.3, -0.25) is 15.0 Å². The first kappa shape index (κ1) is 30.3. The summed E-state index contributed by atoms with van der Waals surface area (Å²) in [7, 11) is 1.35. The Morgan fingerprint density at radius 1 is 1.26 bits per heavy atom. The zero-order valence-corrected chi connectivity index (χ0v) is 20.4. The zero-order chi connectivity index (χ0) is 25.9. The first-order valence-corrected chi connectivity index (χ1v) is 11.0. The summed E-state index contributed by atoms with van der Waals surface area (Å²) in [5, 5.41) is 7.11. The van der Waals surface area contributed by atoms with Crippen LogP contribution in [0, 0.1) is 31.1 Å². The highest BCUT2D eigenvalue weighted by molar-refractivity contribution is 5.95. The van der Waals surface area contributed by atoms with E-state index in [0.29, 0.717) is 12.3 Å². The number of rotatable bonds is 5. The summed E-state index contributed by atoms with van der Waals surface area (Å²) < 4.78 is 4.34. The molecular formula is C28H37N3O3. The molecule has 5 N–H and O–H groups in total. The molecule has 0 aliphatic heterocycles. The predicted octanol–water partition coefficient (Wildman–Crippen LogP) is 4.39. The second kappa shape index (κ2) is 17.8. The van der Waals surface area contributed by atoms with Crippen LogP contribution in [0.5, 0.6) is 0 Å². The van der Waals surface area contributed by atoms with Gasteiger partial charge >= 0.3 is 5.97 Å². The van der Waals surface area contributed by atoms with Gasteiger partial charge in [0.2, 0.25) is 0 Å². The number of nitrogen functional groups attached to an aromatic ring is 1. The molecule has 0 radical (unpaired) electrons. The van der Waals surface area contributed by atoms with Gasteiger partial charge in [0, 0.05) is 23.1 Å². The van der Waals surface area contributed by atoms with Gasteiger partial charge in [0.1, 0.15) is 12.1 Å². The molecule has 1 aromatic carbocycles. The van der Waals surface area contributed by atoms with Crippen molar-refractivity contribution in [3.8, 4) is 12.8 Å². The normalized spacial score (nSPS) is 16.4. The van der Waals surface area contributed by atoms with Crippen molar-refractivity contribution in [3.63, 3.8) is 0 Å². The van der Waals surface area contributed by atoms with Crippen molar-refractivity contribution < 1.29 is 14.3 Å². The second-order valence-electron chi connectivity index (χ2n) is 7.75. The van der Waals surface area contributed by atoms with Gasteiger partial charge in [-0.1, -0.05) is 60.2 Å². The predicted molar refractivity (Wildman–Crippen MR) is 140 cm³/mol. The van der Waals surface area contributed by atoms with E-state index in [1.807, 2.05) is 43.3 Å². The van der Waals surface area contributed by atoms with E-state index in [0.717, 1.165) is 42.2 Å². The van der Waals surface area contributed by atoms with Crippen LogP contribution in [0.4, 0.5) is 0 Å². The quantitative estimate of drug-likeness (QED) is 0.197. The molecule has 6 heteroatoms. The first-order valence-electron chi connectivity index (χ1n) is 11.0. The maximum Gasteiger partial charge on any atom is 0.307 e. The number of ether oxygens (including phenoxy) is 1. The fourth-order valence-corrected chi connectivity index (χ4v) is 3.04. The van der Waals surface area contributed by atoms with E-state index < -0.39 is 0 Å². The lowest BCUT2D eigenvalue weighted by Gasteiger charge is -2.17. The fourth-order valence-electron chi connectivity index (χ4n) is 3.04. The molecule has 2 aliphatic rings. The highest BCUT2D eigenvalue weighted by atomic mass is 16.5. The van der Waals surface area contributed by atoms with Crippen molar-refractivity contribution in [2.24, 2.45) is 17.4 Å². The first-order chi connectivity index (χ1) is 16.3. The average molecular weight is 464 g/mol. The molecule has 0 saturated carbocycles. The Bertz CT molecular complexity index is 937. The standard InChI is InChI=1S/C13H14O.C8H10N2.C5H11NO2.C2H2/c14-10-11-6-8-13(9-7-11)12-4-2-1-3-5-12;1-6-3-2-4-7(5-6)8(9)10;1-4(6)3-5(7)8-2;1-2/h2,4-8,10,13H,1,3,9H2;2-5H,1H3,(H3,9,10);4H,3,6H2,1-2H3;1-2H/t;;4-;/m..1./s1. The molecule has 0 fully saturated rings. The molecule has 2 aliphatic carbocycles. The summed E-state index contributed by atoms with van der Waals surface area (Å²) in [5.74, 6) is 0.360. The minimum Gasteiger partial charge on any atom is -0.469 e. The Morgan fingerprint density at radius 3 is 2.35 bits per heavy atom. The number of terminal acetylenes is 1. The molecule has 182 valence electrons. The van der Waals surface area contributed by atoms with Gasteiger partial charge in [0.05, 0.1) is 13.5 Å². The molecule has 3 rings (SSSR count). The maximum absolute atomic E-state index is 10.5. The lowest BCUT2D eigenvalue weighted by Crippen LogP contribution is -2.20. The number of esters is 1. The molecule has 0 heterocycles. The molecule has 1 unspecified atom stereocenters.